The second-order valence-electron chi connectivity index (χ2n) is 4.39. The van der Waals surface area contributed by atoms with Crippen molar-refractivity contribution in [2.75, 3.05) is 18.1 Å². The maximum atomic E-state index is 10.8. The number of thioether (sulfide) groups is 1. The van der Waals surface area contributed by atoms with E-state index in [1.165, 1.54) is 0 Å². The van der Waals surface area contributed by atoms with E-state index in [0.717, 1.165) is 17.8 Å². The minimum absolute atomic E-state index is 0.181. The Morgan fingerprint density at radius 3 is 2.84 bits per heavy atom. The van der Waals surface area contributed by atoms with Gasteiger partial charge in [0.05, 0.1) is 5.56 Å². The first kappa shape index (κ1) is 14.0. The number of para-hydroxylation sites is 1. The first-order valence-electron chi connectivity index (χ1n) is 6.21. The van der Waals surface area contributed by atoms with Crippen LogP contribution in [0.15, 0.2) is 24.3 Å². The molecule has 1 aromatic rings. The average Bonchev–Trinajstić information content (AvgIpc) is 2.45. The lowest BCUT2D eigenvalue weighted by Crippen LogP contribution is -2.31. The number of aliphatic hydroxyl groups is 1. The summed E-state index contributed by atoms with van der Waals surface area (Å²) in [7, 11) is 0. The molecular formula is C15H16O3S. The van der Waals surface area contributed by atoms with Crippen molar-refractivity contribution in [3.63, 3.8) is 0 Å². The van der Waals surface area contributed by atoms with E-state index >= 15 is 0 Å². The standard InChI is InChI=1S/C15H16O3S/c16-12-13-4-1-2-5-14(13)18-9-3-6-15(17)7-10-19-11-8-15/h1-2,4-5,12,17H,7-11H2. The van der Waals surface area contributed by atoms with Gasteiger partial charge in [0.15, 0.2) is 6.29 Å². The molecule has 0 saturated carbocycles. The zero-order chi connectivity index (χ0) is 13.6. The zero-order valence-corrected chi connectivity index (χ0v) is 11.4. The highest BCUT2D eigenvalue weighted by atomic mass is 32.2. The number of hydrogen-bond acceptors (Lipinski definition) is 4. The lowest BCUT2D eigenvalue weighted by Gasteiger charge is -2.26. The van der Waals surface area contributed by atoms with Crippen LogP contribution in [-0.2, 0) is 0 Å². The smallest absolute Gasteiger partial charge is 0.153 e. The number of hydrogen-bond donors (Lipinski definition) is 1. The van der Waals surface area contributed by atoms with E-state index < -0.39 is 5.60 Å². The summed E-state index contributed by atoms with van der Waals surface area (Å²) < 4.78 is 5.44. The fraction of sp³-hybridized carbons (Fsp3) is 0.400. The predicted octanol–water partition coefficient (Wildman–Crippen LogP) is 2.14. The van der Waals surface area contributed by atoms with Crippen LogP contribution < -0.4 is 4.74 Å². The van der Waals surface area contributed by atoms with E-state index in [4.69, 9.17) is 4.74 Å². The van der Waals surface area contributed by atoms with Gasteiger partial charge in [0.1, 0.15) is 18.0 Å². The number of ether oxygens (including phenoxy) is 1. The van der Waals surface area contributed by atoms with Crippen molar-refractivity contribution in [2.24, 2.45) is 0 Å². The van der Waals surface area contributed by atoms with Gasteiger partial charge in [-0.15, -0.1) is 0 Å². The van der Waals surface area contributed by atoms with Crippen LogP contribution in [0.1, 0.15) is 23.2 Å². The second-order valence-corrected chi connectivity index (χ2v) is 5.61. The Morgan fingerprint density at radius 1 is 1.37 bits per heavy atom. The molecule has 0 aliphatic carbocycles. The molecule has 1 saturated heterocycles. The van der Waals surface area contributed by atoms with Crippen LogP contribution in [0.2, 0.25) is 0 Å². The molecule has 0 aromatic heterocycles. The maximum absolute atomic E-state index is 10.8. The van der Waals surface area contributed by atoms with Crippen molar-refractivity contribution >= 4 is 18.0 Å². The van der Waals surface area contributed by atoms with Crippen molar-refractivity contribution in [1.29, 1.82) is 0 Å². The first-order valence-corrected chi connectivity index (χ1v) is 7.36. The lowest BCUT2D eigenvalue weighted by atomic mass is 9.98. The molecule has 0 spiro atoms. The normalized spacial score (nSPS) is 17.1. The highest BCUT2D eigenvalue weighted by Crippen LogP contribution is 2.26. The van der Waals surface area contributed by atoms with E-state index in [9.17, 15) is 9.90 Å². The largest absolute Gasteiger partial charge is 0.480 e. The Balaban J connectivity index is 1.91. The molecule has 0 unspecified atom stereocenters. The quantitative estimate of drug-likeness (QED) is 0.678. The van der Waals surface area contributed by atoms with Gasteiger partial charge in [0.2, 0.25) is 0 Å². The summed E-state index contributed by atoms with van der Waals surface area (Å²) in [5.74, 6) is 8.15. The summed E-state index contributed by atoms with van der Waals surface area (Å²) in [6.45, 7) is 0.181. The minimum Gasteiger partial charge on any atom is -0.480 e. The second kappa shape index (κ2) is 6.65. The molecule has 0 radical (unpaired) electrons. The van der Waals surface area contributed by atoms with Gasteiger partial charge in [0.25, 0.3) is 0 Å². The van der Waals surface area contributed by atoms with Gasteiger partial charge in [-0.3, -0.25) is 4.79 Å². The molecule has 0 amide bonds. The van der Waals surface area contributed by atoms with Gasteiger partial charge in [-0.05, 0) is 36.5 Å². The van der Waals surface area contributed by atoms with Gasteiger partial charge in [-0.1, -0.05) is 24.0 Å². The molecule has 2 rings (SSSR count). The van der Waals surface area contributed by atoms with Gasteiger partial charge < -0.3 is 9.84 Å². The summed E-state index contributed by atoms with van der Waals surface area (Å²) in [6.07, 6.45) is 2.17. The minimum atomic E-state index is -0.862. The van der Waals surface area contributed by atoms with Gasteiger partial charge in [0, 0.05) is 0 Å². The highest BCUT2D eigenvalue weighted by molar-refractivity contribution is 7.99. The summed E-state index contributed by atoms with van der Waals surface area (Å²) in [5, 5.41) is 10.2. The highest BCUT2D eigenvalue weighted by Gasteiger charge is 2.26. The number of aldehydes is 1. The number of carbonyl (C=O) groups excluding carboxylic acids is 1. The number of carbonyl (C=O) groups is 1. The third-order valence-electron chi connectivity index (χ3n) is 2.99. The summed E-state index contributed by atoms with van der Waals surface area (Å²) in [4.78, 5) is 10.8. The predicted molar refractivity (Wildman–Crippen MR) is 76.6 cm³/mol. The van der Waals surface area contributed by atoms with Crippen LogP contribution in [0, 0.1) is 11.8 Å². The van der Waals surface area contributed by atoms with Crippen LogP contribution >= 0.6 is 11.8 Å². The Kier molecular flexibility index (Phi) is 4.89. The Labute approximate surface area is 117 Å². The van der Waals surface area contributed by atoms with Gasteiger partial charge in [-0.2, -0.15) is 11.8 Å². The van der Waals surface area contributed by atoms with E-state index in [0.29, 0.717) is 24.2 Å². The molecule has 0 atom stereocenters. The van der Waals surface area contributed by atoms with E-state index in [1.54, 1.807) is 18.2 Å². The maximum Gasteiger partial charge on any atom is 0.153 e. The summed E-state index contributed by atoms with van der Waals surface area (Å²) in [6, 6.07) is 7.02. The molecule has 19 heavy (non-hydrogen) atoms. The van der Waals surface area contributed by atoms with E-state index in [-0.39, 0.29) is 6.61 Å². The molecule has 1 heterocycles. The number of benzene rings is 1. The van der Waals surface area contributed by atoms with Crippen LogP contribution in [0.4, 0.5) is 0 Å². The van der Waals surface area contributed by atoms with Gasteiger partial charge >= 0.3 is 0 Å². The van der Waals surface area contributed by atoms with Crippen LogP contribution in [0.5, 0.6) is 5.75 Å². The molecule has 100 valence electrons. The Hall–Kier alpha value is -1.44. The van der Waals surface area contributed by atoms with E-state index in [2.05, 4.69) is 11.8 Å². The molecule has 4 heteroatoms. The van der Waals surface area contributed by atoms with Crippen molar-refractivity contribution < 1.29 is 14.6 Å². The fourth-order valence-corrected chi connectivity index (χ4v) is 3.03. The molecule has 0 bridgehead atoms. The number of rotatable bonds is 3. The molecule has 1 fully saturated rings. The molecule has 1 aliphatic rings. The molecule has 1 aliphatic heterocycles. The van der Waals surface area contributed by atoms with E-state index in [1.807, 2.05) is 17.8 Å². The van der Waals surface area contributed by atoms with Gasteiger partial charge in [-0.25, -0.2) is 0 Å². The van der Waals surface area contributed by atoms with Crippen LogP contribution in [-0.4, -0.2) is 35.1 Å². The van der Waals surface area contributed by atoms with Crippen molar-refractivity contribution in [3.05, 3.63) is 29.8 Å². The molecule has 3 nitrogen and oxygen atoms in total. The SMILES string of the molecule is O=Cc1ccccc1OCC#CC1(O)CCSCC1. The average molecular weight is 276 g/mol. The Morgan fingerprint density at radius 2 is 2.11 bits per heavy atom. The molecule has 1 N–H and O–H groups in total. The van der Waals surface area contributed by atoms with Crippen molar-refractivity contribution in [1.82, 2.24) is 0 Å². The first-order chi connectivity index (χ1) is 9.23. The van der Waals surface area contributed by atoms with Crippen LogP contribution in [0.3, 0.4) is 0 Å². The zero-order valence-electron chi connectivity index (χ0n) is 10.6. The summed E-state index contributed by atoms with van der Waals surface area (Å²) >= 11 is 1.84. The fourth-order valence-electron chi connectivity index (χ4n) is 1.86. The molecule has 1 aromatic carbocycles. The molecular weight excluding hydrogens is 260 g/mol. The lowest BCUT2D eigenvalue weighted by molar-refractivity contribution is 0.0925. The third kappa shape index (κ3) is 4.02. The summed E-state index contributed by atoms with van der Waals surface area (Å²) in [5.41, 5.74) is -0.351. The topological polar surface area (TPSA) is 46.5 Å². The van der Waals surface area contributed by atoms with Crippen molar-refractivity contribution in [3.8, 4) is 17.6 Å². The monoisotopic (exact) mass is 276 g/mol. The van der Waals surface area contributed by atoms with Crippen molar-refractivity contribution in [2.45, 2.75) is 18.4 Å². The third-order valence-corrected chi connectivity index (χ3v) is 3.97. The Bertz CT molecular complexity index is 496. The van der Waals surface area contributed by atoms with Crippen LogP contribution in [0.25, 0.3) is 0 Å².